The SMILES string of the molecule is COC(=O)CCc1cccc(CSC(=N)N)n1. The second kappa shape index (κ2) is 6.90. The Bertz CT molecular complexity index is 409. The van der Waals surface area contributed by atoms with Gasteiger partial charge in [-0.2, -0.15) is 0 Å². The average molecular weight is 253 g/mol. The molecule has 0 aliphatic heterocycles. The van der Waals surface area contributed by atoms with Gasteiger partial charge in [-0.05, 0) is 12.1 Å². The van der Waals surface area contributed by atoms with E-state index >= 15 is 0 Å². The Labute approximate surface area is 104 Å². The van der Waals surface area contributed by atoms with Crippen LogP contribution in [0, 0.1) is 5.41 Å². The number of methoxy groups -OCH3 is 1. The Hall–Kier alpha value is -1.56. The van der Waals surface area contributed by atoms with Gasteiger partial charge in [0.25, 0.3) is 0 Å². The highest BCUT2D eigenvalue weighted by molar-refractivity contribution is 8.13. The number of pyridine rings is 1. The molecule has 3 N–H and O–H groups in total. The van der Waals surface area contributed by atoms with Gasteiger partial charge in [0.05, 0.1) is 19.2 Å². The van der Waals surface area contributed by atoms with Gasteiger partial charge >= 0.3 is 5.97 Å². The van der Waals surface area contributed by atoms with E-state index < -0.39 is 0 Å². The zero-order valence-corrected chi connectivity index (χ0v) is 10.4. The van der Waals surface area contributed by atoms with E-state index in [4.69, 9.17) is 11.1 Å². The normalized spacial score (nSPS) is 9.94. The summed E-state index contributed by atoms with van der Waals surface area (Å²) in [7, 11) is 1.37. The molecule has 0 aliphatic carbocycles. The number of nitrogens with two attached hydrogens (primary N) is 1. The van der Waals surface area contributed by atoms with Crippen LogP contribution in [0.5, 0.6) is 0 Å². The third kappa shape index (κ3) is 5.35. The highest BCUT2D eigenvalue weighted by Crippen LogP contribution is 2.10. The van der Waals surface area contributed by atoms with Crippen molar-refractivity contribution in [3.63, 3.8) is 0 Å². The fourth-order valence-electron chi connectivity index (χ4n) is 1.23. The molecule has 1 heterocycles. The van der Waals surface area contributed by atoms with E-state index in [0.717, 1.165) is 11.4 Å². The number of esters is 1. The van der Waals surface area contributed by atoms with E-state index in [9.17, 15) is 4.79 Å². The molecule has 92 valence electrons. The zero-order chi connectivity index (χ0) is 12.7. The molecule has 1 aromatic rings. The fraction of sp³-hybridized carbons (Fsp3) is 0.364. The number of hydrogen-bond donors (Lipinski definition) is 2. The van der Waals surface area contributed by atoms with Gasteiger partial charge in [0.1, 0.15) is 0 Å². The van der Waals surface area contributed by atoms with E-state index in [2.05, 4.69) is 9.72 Å². The summed E-state index contributed by atoms with van der Waals surface area (Å²) in [6, 6.07) is 5.62. The first kappa shape index (κ1) is 13.5. The average Bonchev–Trinajstić information content (AvgIpc) is 2.34. The summed E-state index contributed by atoms with van der Waals surface area (Å²) >= 11 is 1.23. The molecular weight excluding hydrogens is 238 g/mol. The molecule has 0 bridgehead atoms. The number of ether oxygens (including phenoxy) is 1. The molecule has 0 amide bonds. The quantitative estimate of drug-likeness (QED) is 0.469. The number of amidine groups is 1. The maximum Gasteiger partial charge on any atom is 0.305 e. The van der Waals surface area contributed by atoms with Crippen LogP contribution >= 0.6 is 11.8 Å². The molecule has 1 rings (SSSR count). The van der Waals surface area contributed by atoms with Gasteiger partial charge in [-0.15, -0.1) is 0 Å². The van der Waals surface area contributed by atoms with Crippen molar-refractivity contribution in [2.24, 2.45) is 5.73 Å². The monoisotopic (exact) mass is 253 g/mol. The summed E-state index contributed by atoms with van der Waals surface area (Å²) in [5.74, 6) is 0.330. The number of nitrogens with one attached hydrogen (secondary N) is 1. The first-order chi connectivity index (χ1) is 8.11. The number of rotatable bonds is 5. The third-order valence-corrected chi connectivity index (χ3v) is 2.80. The molecule has 0 saturated heterocycles. The van der Waals surface area contributed by atoms with Gasteiger partial charge in [-0.3, -0.25) is 15.2 Å². The molecule has 0 unspecified atom stereocenters. The number of thioether (sulfide) groups is 1. The summed E-state index contributed by atoms with van der Waals surface area (Å²) in [5.41, 5.74) is 6.95. The third-order valence-electron chi connectivity index (χ3n) is 2.05. The van der Waals surface area contributed by atoms with Crippen molar-refractivity contribution < 1.29 is 9.53 Å². The second-order valence-corrected chi connectivity index (χ2v) is 4.37. The lowest BCUT2D eigenvalue weighted by Crippen LogP contribution is -2.06. The van der Waals surface area contributed by atoms with Gasteiger partial charge in [0, 0.05) is 17.9 Å². The van der Waals surface area contributed by atoms with E-state index in [1.165, 1.54) is 18.9 Å². The minimum atomic E-state index is -0.240. The van der Waals surface area contributed by atoms with Crippen LogP contribution in [0.4, 0.5) is 0 Å². The highest BCUT2D eigenvalue weighted by atomic mass is 32.2. The van der Waals surface area contributed by atoms with Crippen molar-refractivity contribution in [3.05, 3.63) is 29.6 Å². The Balaban J connectivity index is 2.53. The number of carbonyl (C=O) groups is 1. The van der Waals surface area contributed by atoms with E-state index in [1.54, 1.807) is 0 Å². The van der Waals surface area contributed by atoms with Gasteiger partial charge in [-0.1, -0.05) is 17.8 Å². The zero-order valence-electron chi connectivity index (χ0n) is 9.60. The van der Waals surface area contributed by atoms with E-state index in [-0.39, 0.29) is 11.1 Å². The van der Waals surface area contributed by atoms with Crippen LogP contribution in [0.3, 0.4) is 0 Å². The van der Waals surface area contributed by atoms with Crippen LogP contribution < -0.4 is 5.73 Å². The number of hydrogen-bond acceptors (Lipinski definition) is 5. The standard InChI is InChI=1S/C11H15N3O2S/c1-16-10(15)6-5-8-3-2-4-9(14-8)7-17-11(12)13/h2-4H,5-7H2,1H3,(H3,12,13). The maximum absolute atomic E-state index is 11.0. The van der Waals surface area contributed by atoms with Crippen molar-refractivity contribution in [2.45, 2.75) is 18.6 Å². The number of carbonyl (C=O) groups excluding carboxylic acids is 1. The smallest absolute Gasteiger partial charge is 0.305 e. The maximum atomic E-state index is 11.0. The molecular formula is C11H15N3O2S. The van der Waals surface area contributed by atoms with Crippen LogP contribution in [0.2, 0.25) is 0 Å². The van der Waals surface area contributed by atoms with Crippen molar-refractivity contribution in [3.8, 4) is 0 Å². The van der Waals surface area contributed by atoms with Crippen LogP contribution in [-0.2, 0) is 21.7 Å². The summed E-state index contributed by atoms with van der Waals surface area (Å²) in [6.45, 7) is 0. The van der Waals surface area contributed by atoms with Crippen LogP contribution in [0.25, 0.3) is 0 Å². The molecule has 1 aromatic heterocycles. The Kier molecular flexibility index (Phi) is 5.48. The van der Waals surface area contributed by atoms with Crippen molar-refractivity contribution in [1.29, 1.82) is 5.41 Å². The number of aryl methyl sites for hydroxylation is 1. The summed E-state index contributed by atoms with van der Waals surface area (Å²) in [4.78, 5) is 15.4. The lowest BCUT2D eigenvalue weighted by atomic mass is 10.2. The summed E-state index contributed by atoms with van der Waals surface area (Å²) < 4.78 is 4.57. The van der Waals surface area contributed by atoms with Crippen LogP contribution in [0.1, 0.15) is 17.8 Å². The predicted molar refractivity (Wildman–Crippen MR) is 67.8 cm³/mol. The largest absolute Gasteiger partial charge is 0.469 e. The molecule has 5 nitrogen and oxygen atoms in total. The molecule has 0 aromatic carbocycles. The Morgan fingerprint density at radius 1 is 1.53 bits per heavy atom. The van der Waals surface area contributed by atoms with Crippen molar-refractivity contribution in [1.82, 2.24) is 4.98 Å². The predicted octanol–water partition coefficient (Wildman–Crippen LogP) is 1.31. The molecule has 0 aliphatic rings. The first-order valence-electron chi connectivity index (χ1n) is 5.10. The van der Waals surface area contributed by atoms with Gasteiger partial charge in [0.2, 0.25) is 0 Å². The second-order valence-electron chi connectivity index (χ2n) is 3.35. The number of aromatic nitrogens is 1. The minimum Gasteiger partial charge on any atom is -0.469 e. The molecule has 6 heteroatoms. The summed E-state index contributed by atoms with van der Waals surface area (Å²) in [6.07, 6.45) is 0.887. The highest BCUT2D eigenvalue weighted by Gasteiger charge is 2.04. The summed E-state index contributed by atoms with van der Waals surface area (Å²) in [5, 5.41) is 7.19. The van der Waals surface area contributed by atoms with Gasteiger partial charge in [-0.25, -0.2) is 0 Å². The van der Waals surface area contributed by atoms with Gasteiger partial charge < -0.3 is 10.5 Å². The van der Waals surface area contributed by atoms with E-state index in [1.807, 2.05) is 18.2 Å². The lowest BCUT2D eigenvalue weighted by molar-refractivity contribution is -0.140. The molecule has 17 heavy (non-hydrogen) atoms. The lowest BCUT2D eigenvalue weighted by Gasteiger charge is -2.03. The molecule has 0 fully saturated rings. The van der Waals surface area contributed by atoms with E-state index in [0.29, 0.717) is 18.6 Å². The van der Waals surface area contributed by atoms with Crippen molar-refractivity contribution in [2.75, 3.05) is 7.11 Å². The van der Waals surface area contributed by atoms with Crippen LogP contribution in [0.15, 0.2) is 18.2 Å². The Morgan fingerprint density at radius 2 is 2.24 bits per heavy atom. The van der Waals surface area contributed by atoms with Crippen molar-refractivity contribution >= 4 is 22.9 Å². The molecule has 0 saturated carbocycles. The van der Waals surface area contributed by atoms with Crippen LogP contribution in [-0.4, -0.2) is 23.2 Å². The first-order valence-corrected chi connectivity index (χ1v) is 6.09. The number of nitrogens with zero attached hydrogens (tertiary/aromatic N) is 1. The Morgan fingerprint density at radius 3 is 2.88 bits per heavy atom. The molecule has 0 atom stereocenters. The minimum absolute atomic E-state index is 0.0757. The molecule has 0 radical (unpaired) electrons. The fourth-order valence-corrected chi connectivity index (χ4v) is 1.70. The topological polar surface area (TPSA) is 89.1 Å². The molecule has 0 spiro atoms. The van der Waals surface area contributed by atoms with Gasteiger partial charge in [0.15, 0.2) is 5.17 Å².